The number of hydrogen-bond acceptors (Lipinski definition) is 2. The van der Waals surface area contributed by atoms with Crippen LogP contribution in [0.5, 0.6) is 0 Å². The Bertz CT molecular complexity index is 5710. The number of aromatic nitrogens is 4. The topological polar surface area (TPSA) is 61.0 Å². The van der Waals surface area contributed by atoms with Gasteiger partial charge in [0.1, 0.15) is 11.7 Å². The molecule has 0 saturated carbocycles. The summed E-state index contributed by atoms with van der Waals surface area (Å²) >= 11 is 0. The van der Waals surface area contributed by atoms with Gasteiger partial charge in [-0.3, -0.25) is 0 Å². The standard InChI is InChI=1S/C78H44N6O/c1-80-72-73(81-64-34-13-6-26-53(64)54-27-7-14-35-65(54)81)63(46-79)74(82-66-36-15-8-28-55(66)56-29-9-16-37-67(56)82)77(76(72)83-68-38-17-10-30-57(68)58-31-11-18-39-69(58)83)84-70-45-48(50-24-4-5-25-51(50)52-33-20-22-47-21-2-3-23-49(47)52)41-42-59(70)61-43-44-62-60-32-12-19-40-71(60)85-78(62)75(61)84/h2-45H. The molecule has 0 aliphatic carbocycles. The zero-order valence-corrected chi connectivity index (χ0v) is 45.5. The summed E-state index contributed by atoms with van der Waals surface area (Å²) in [6.45, 7) is 9.96. The van der Waals surface area contributed by atoms with E-state index >= 15 is 0 Å². The summed E-state index contributed by atoms with van der Waals surface area (Å²) < 4.78 is 16.4. The van der Waals surface area contributed by atoms with Crippen LogP contribution in [-0.2, 0) is 0 Å². The molecule has 0 N–H and O–H groups in total. The second-order valence-electron chi connectivity index (χ2n) is 22.0. The number of rotatable bonds is 6. The van der Waals surface area contributed by atoms with Crippen LogP contribution < -0.4 is 0 Å². The van der Waals surface area contributed by atoms with Crippen molar-refractivity contribution in [1.29, 1.82) is 5.26 Å². The van der Waals surface area contributed by atoms with Crippen LogP contribution in [0, 0.1) is 17.9 Å². The summed E-state index contributed by atoms with van der Waals surface area (Å²) in [6, 6.07) is 97.0. The summed E-state index contributed by atoms with van der Waals surface area (Å²) in [4.78, 5) is 4.84. The van der Waals surface area contributed by atoms with Crippen LogP contribution in [0.1, 0.15) is 5.56 Å². The summed E-state index contributed by atoms with van der Waals surface area (Å²) in [5.41, 5.74) is 15.9. The molecule has 13 aromatic carbocycles. The molecule has 0 unspecified atom stereocenters. The van der Waals surface area contributed by atoms with E-state index in [2.05, 4.69) is 267 Å². The lowest BCUT2D eigenvalue weighted by Crippen LogP contribution is -2.14. The highest BCUT2D eigenvalue weighted by Gasteiger charge is 2.35. The monoisotopic (exact) mass is 1080 g/mol. The molecule has 0 aliphatic heterocycles. The molecule has 0 atom stereocenters. The Morgan fingerprint density at radius 1 is 0.329 bits per heavy atom. The molecule has 5 heterocycles. The predicted molar refractivity (Wildman–Crippen MR) is 350 cm³/mol. The van der Waals surface area contributed by atoms with Crippen molar-refractivity contribution in [2.75, 3.05) is 0 Å². The maximum Gasteiger partial charge on any atom is 0.237 e. The van der Waals surface area contributed by atoms with Crippen LogP contribution in [0.25, 0.3) is 170 Å². The predicted octanol–water partition coefficient (Wildman–Crippen LogP) is 20.9. The second kappa shape index (κ2) is 17.8. The van der Waals surface area contributed by atoms with Crippen molar-refractivity contribution < 1.29 is 4.42 Å². The Labute approximate surface area is 485 Å². The third-order valence-corrected chi connectivity index (χ3v) is 17.8. The first-order valence-electron chi connectivity index (χ1n) is 28.6. The van der Waals surface area contributed by atoms with Crippen LogP contribution in [0.4, 0.5) is 5.69 Å². The van der Waals surface area contributed by atoms with Crippen LogP contribution in [-0.4, -0.2) is 18.3 Å². The molecular formula is C78H44N6O. The smallest absolute Gasteiger partial charge is 0.237 e. The number of furan rings is 1. The first-order valence-corrected chi connectivity index (χ1v) is 28.6. The van der Waals surface area contributed by atoms with E-state index in [1.165, 1.54) is 10.8 Å². The van der Waals surface area contributed by atoms with Gasteiger partial charge >= 0.3 is 0 Å². The fraction of sp³-hybridized carbons (Fsp3) is 0. The molecule has 0 amide bonds. The quantitative estimate of drug-likeness (QED) is 0.156. The molecule has 0 bridgehead atoms. The molecule has 0 spiro atoms. The second-order valence-corrected chi connectivity index (χ2v) is 22.0. The zero-order chi connectivity index (χ0) is 56.0. The van der Waals surface area contributed by atoms with Gasteiger partial charge in [0.15, 0.2) is 5.58 Å². The highest BCUT2D eigenvalue weighted by Crippen LogP contribution is 2.53. The molecule has 18 rings (SSSR count). The molecule has 18 aromatic rings. The number of benzene rings is 13. The van der Waals surface area contributed by atoms with E-state index in [4.69, 9.17) is 9.26 Å². The molecule has 85 heavy (non-hydrogen) atoms. The van der Waals surface area contributed by atoms with E-state index in [0.717, 1.165) is 126 Å². The highest BCUT2D eigenvalue weighted by molar-refractivity contribution is 6.24. The van der Waals surface area contributed by atoms with Crippen molar-refractivity contribution in [3.05, 3.63) is 284 Å². The lowest BCUT2D eigenvalue weighted by molar-refractivity contribution is 0.671. The number of hydrogen-bond donors (Lipinski definition) is 0. The summed E-state index contributed by atoms with van der Waals surface area (Å²) in [6.07, 6.45) is 0. The van der Waals surface area contributed by atoms with Gasteiger partial charge in [-0.05, 0) is 87.6 Å². The Morgan fingerprint density at radius 2 is 0.753 bits per heavy atom. The molecule has 0 radical (unpaired) electrons. The fourth-order valence-electron chi connectivity index (χ4n) is 14.4. The van der Waals surface area contributed by atoms with Gasteiger partial charge in [0.05, 0.1) is 79.0 Å². The highest BCUT2D eigenvalue weighted by atomic mass is 16.3. The number of nitriles is 1. The van der Waals surface area contributed by atoms with E-state index < -0.39 is 0 Å². The average Bonchev–Trinajstić information content (AvgIpc) is 1.80. The molecule has 0 aliphatic rings. The molecule has 392 valence electrons. The van der Waals surface area contributed by atoms with E-state index in [1.807, 2.05) is 24.3 Å². The molecule has 0 saturated heterocycles. The largest absolute Gasteiger partial charge is 0.454 e. The number of fused-ring (bicyclic) bond motifs is 17. The molecule has 7 nitrogen and oxygen atoms in total. The Balaban J connectivity index is 1.13. The van der Waals surface area contributed by atoms with Gasteiger partial charge in [-0.1, -0.05) is 212 Å². The molecule has 0 fully saturated rings. The van der Waals surface area contributed by atoms with E-state index in [-0.39, 0.29) is 0 Å². The fourth-order valence-corrected chi connectivity index (χ4v) is 14.4. The SMILES string of the molecule is [C-]#[N+]c1c(-n2c3ccccc3c3ccccc32)c(C#N)c(-n2c3ccccc3c3ccccc32)c(-n2c3cc(-c4ccccc4-c4cccc5ccccc45)ccc3c3ccc4c5ccccc5oc4c32)c1-n1c2ccccc2c2ccccc21. The van der Waals surface area contributed by atoms with Crippen molar-refractivity contribution in [3.8, 4) is 51.1 Å². The van der Waals surface area contributed by atoms with Crippen molar-refractivity contribution >= 4 is 126 Å². The Kier molecular flexibility index (Phi) is 9.80. The zero-order valence-electron chi connectivity index (χ0n) is 45.5. The summed E-state index contributed by atoms with van der Waals surface area (Å²) in [5, 5.41) is 25.2. The molecule has 7 heteroatoms. The van der Waals surface area contributed by atoms with E-state index in [9.17, 15) is 11.8 Å². The van der Waals surface area contributed by atoms with Crippen LogP contribution >= 0.6 is 0 Å². The lowest BCUT2D eigenvalue weighted by Gasteiger charge is -2.27. The third-order valence-electron chi connectivity index (χ3n) is 17.8. The maximum atomic E-state index is 12.8. The van der Waals surface area contributed by atoms with Crippen LogP contribution in [0.2, 0.25) is 0 Å². The average molecular weight is 1080 g/mol. The first kappa shape index (κ1) is 46.8. The Morgan fingerprint density at radius 3 is 1.32 bits per heavy atom. The van der Waals surface area contributed by atoms with E-state index in [1.54, 1.807) is 0 Å². The lowest BCUT2D eigenvalue weighted by atomic mass is 9.91. The van der Waals surface area contributed by atoms with Gasteiger partial charge in [0.25, 0.3) is 0 Å². The van der Waals surface area contributed by atoms with Crippen molar-refractivity contribution in [3.63, 3.8) is 0 Å². The minimum Gasteiger partial charge on any atom is -0.454 e. The minimum absolute atomic E-state index is 0.318. The third kappa shape index (κ3) is 6.41. The van der Waals surface area contributed by atoms with Gasteiger partial charge < -0.3 is 22.7 Å². The summed E-state index contributed by atoms with van der Waals surface area (Å²) in [5.74, 6) is 0. The number of para-hydroxylation sites is 7. The summed E-state index contributed by atoms with van der Waals surface area (Å²) in [7, 11) is 0. The van der Waals surface area contributed by atoms with Gasteiger partial charge in [-0.25, -0.2) is 4.85 Å². The Hall–Kier alpha value is -11.9. The van der Waals surface area contributed by atoms with Crippen molar-refractivity contribution in [1.82, 2.24) is 18.3 Å². The molecular weight excluding hydrogens is 1040 g/mol. The van der Waals surface area contributed by atoms with E-state index in [0.29, 0.717) is 39.6 Å². The van der Waals surface area contributed by atoms with Crippen LogP contribution in [0.15, 0.2) is 271 Å². The normalized spacial score (nSPS) is 12.0. The first-order chi connectivity index (χ1) is 42.2. The van der Waals surface area contributed by atoms with Gasteiger partial charge in [0, 0.05) is 53.9 Å². The minimum atomic E-state index is 0.318. The van der Waals surface area contributed by atoms with Crippen LogP contribution in [0.3, 0.4) is 0 Å². The van der Waals surface area contributed by atoms with Crippen molar-refractivity contribution in [2.45, 2.75) is 0 Å². The van der Waals surface area contributed by atoms with Crippen molar-refractivity contribution in [2.24, 2.45) is 0 Å². The maximum absolute atomic E-state index is 12.8. The molecule has 5 aromatic heterocycles. The van der Waals surface area contributed by atoms with Gasteiger partial charge in [-0.15, -0.1) is 0 Å². The van der Waals surface area contributed by atoms with Gasteiger partial charge in [-0.2, -0.15) is 5.26 Å². The number of nitrogens with zero attached hydrogens (tertiary/aromatic N) is 6. The van der Waals surface area contributed by atoms with Gasteiger partial charge in [0.2, 0.25) is 5.69 Å².